The zero-order valence-corrected chi connectivity index (χ0v) is 39.1. The van der Waals surface area contributed by atoms with Crippen LogP contribution in [0.1, 0.15) is 64.4 Å². The lowest BCUT2D eigenvalue weighted by atomic mass is 9.78. The molecule has 3 heterocycles. The molecule has 0 saturated heterocycles. The summed E-state index contributed by atoms with van der Waals surface area (Å²) < 4.78 is 52.1. The van der Waals surface area contributed by atoms with E-state index in [0.717, 1.165) is 6.07 Å². The molecule has 0 unspecified atom stereocenters. The van der Waals surface area contributed by atoms with Crippen LogP contribution >= 0.6 is 12.8 Å². The highest BCUT2D eigenvalue weighted by atomic mass is 32.1. The number of hydrogen-bond donors (Lipinski definition) is 5. The van der Waals surface area contributed by atoms with Crippen LogP contribution in [0.2, 0.25) is 0 Å². The van der Waals surface area contributed by atoms with Crippen molar-refractivity contribution in [1.29, 1.82) is 0 Å². The van der Waals surface area contributed by atoms with Gasteiger partial charge in [0.2, 0.25) is 5.43 Å². The largest absolute Gasteiger partial charge is 0.507 e. The molecule has 2 aromatic rings. The number of aromatic hydroxyl groups is 1. The monoisotopic (exact) mass is 922 g/mol. The maximum Gasteiger partial charge on any atom is 0.312 e. The molecule has 65 heavy (non-hydrogen) atoms. The Morgan fingerprint density at radius 2 is 1.72 bits per heavy atom. The number of halogens is 1. The van der Waals surface area contributed by atoms with Crippen molar-refractivity contribution in [3.8, 4) is 28.7 Å². The summed E-state index contributed by atoms with van der Waals surface area (Å²) in [6.45, 7) is 12.9. The summed E-state index contributed by atoms with van der Waals surface area (Å²) in [5.41, 5.74) is -2.31. The first-order valence-electron chi connectivity index (χ1n) is 21.2. The highest BCUT2D eigenvalue weighted by Crippen LogP contribution is 2.50. The number of ether oxygens (including phenoxy) is 5. The number of aliphatic hydroxyl groups excluding tert-OH is 2. The second-order valence-corrected chi connectivity index (χ2v) is 18.8. The summed E-state index contributed by atoms with van der Waals surface area (Å²) in [5.74, 6) is -8.84. The van der Waals surface area contributed by atoms with E-state index in [1.165, 1.54) is 59.3 Å². The minimum absolute atomic E-state index is 0.0166. The fraction of sp³-hybridized carbons (Fsp3) is 0.468. The number of carbonyl (C=O) groups is 3. The van der Waals surface area contributed by atoms with E-state index in [1.807, 2.05) is 14.1 Å². The number of aliphatic hydroxyl groups is 2. The lowest BCUT2D eigenvalue weighted by molar-refractivity contribution is -0.747. The summed E-state index contributed by atoms with van der Waals surface area (Å²) in [4.78, 5) is 60.3. The van der Waals surface area contributed by atoms with Crippen LogP contribution in [0.25, 0.3) is 33.3 Å². The summed E-state index contributed by atoms with van der Waals surface area (Å²) in [7, 11) is 5.09. The zero-order valence-electron chi connectivity index (χ0n) is 38.2. The Morgan fingerprint density at radius 3 is 2.37 bits per heavy atom. The number of carbonyl (C=O) groups excluding carboxylic acids is 3. The summed E-state index contributed by atoms with van der Waals surface area (Å²) >= 11 is 4.46. The van der Waals surface area contributed by atoms with Gasteiger partial charge in [-0.05, 0) is 19.9 Å². The highest BCUT2D eigenvalue weighted by Gasteiger charge is 2.50. The number of thiol groups is 1. The SMILES string of the molecule is CO[C@H]1/C=C/O[C@@]2(C)Oc3c(C)c(O)c4c(=O)c(c5oc6cc(OCC[N+](C)(C)S)cc(F)c6nc-5c4c3C2=O)NC(=O)/C(C)=C\C=C\[C@H](C)[C@H](O)[C@@H](C)[C@@H](O)[C@@H](C)[C@H](OC(C)=O)[C@@H]1C. The van der Waals surface area contributed by atoms with Crippen molar-refractivity contribution in [2.24, 2.45) is 23.7 Å². The van der Waals surface area contributed by atoms with Gasteiger partial charge in [-0.15, -0.1) is 0 Å². The molecule has 4 bridgehead atoms. The fourth-order valence-electron chi connectivity index (χ4n) is 8.31. The van der Waals surface area contributed by atoms with Crippen molar-refractivity contribution in [2.75, 3.05) is 39.7 Å². The molecule has 0 fully saturated rings. The van der Waals surface area contributed by atoms with Gasteiger partial charge < -0.3 is 48.7 Å². The number of hydrogen-bond acceptors (Lipinski definition) is 15. The number of methoxy groups -OCH3 is 1. The molecule has 0 aromatic heterocycles. The van der Waals surface area contributed by atoms with Crippen molar-refractivity contribution in [1.82, 2.24) is 4.98 Å². The highest BCUT2D eigenvalue weighted by molar-refractivity contribution is 7.74. The molecule has 9 atom stereocenters. The lowest BCUT2D eigenvalue weighted by Crippen LogP contribution is -2.46. The van der Waals surface area contributed by atoms with E-state index < -0.39 is 99.6 Å². The Morgan fingerprint density at radius 1 is 1.03 bits per heavy atom. The molecule has 4 aliphatic rings. The summed E-state index contributed by atoms with van der Waals surface area (Å²) in [6, 6.07) is 2.48. The van der Waals surface area contributed by atoms with E-state index in [0.29, 0.717) is 6.54 Å². The van der Waals surface area contributed by atoms with Crippen LogP contribution in [0, 0.1) is 36.4 Å². The average molecular weight is 923 g/mol. The van der Waals surface area contributed by atoms with Crippen molar-refractivity contribution in [3.63, 3.8) is 0 Å². The number of nitrogens with one attached hydrogen (secondary N) is 1. The molecule has 0 radical (unpaired) electrons. The summed E-state index contributed by atoms with van der Waals surface area (Å²) in [5, 5.41) is 36.7. The predicted octanol–water partition coefficient (Wildman–Crippen LogP) is 6.39. The molecule has 18 heteroatoms. The molecular formula is C47H57FN3O13S+. The average Bonchev–Trinajstić information content (AvgIpc) is 3.50. The van der Waals surface area contributed by atoms with Crippen LogP contribution in [-0.4, -0.2) is 106 Å². The number of rotatable bonds is 6. The number of benzene rings is 3. The first kappa shape index (κ1) is 48.9. The van der Waals surface area contributed by atoms with Gasteiger partial charge in [0.25, 0.3) is 11.7 Å². The van der Waals surface area contributed by atoms with Gasteiger partial charge in [-0.25, -0.2) is 9.37 Å². The smallest absolute Gasteiger partial charge is 0.312 e. The summed E-state index contributed by atoms with van der Waals surface area (Å²) in [6.07, 6.45) is 3.24. The van der Waals surface area contributed by atoms with Crippen molar-refractivity contribution < 1.29 is 66.1 Å². The van der Waals surface area contributed by atoms with E-state index in [9.17, 15) is 34.5 Å². The van der Waals surface area contributed by atoms with Gasteiger partial charge in [0, 0.05) is 73.3 Å². The van der Waals surface area contributed by atoms with E-state index in [1.54, 1.807) is 39.8 Å². The number of phenolic OH excluding ortho intramolecular Hbond substituents is 1. The number of esters is 1. The molecule has 0 saturated carbocycles. The van der Waals surface area contributed by atoms with Crippen LogP contribution in [0.3, 0.4) is 0 Å². The van der Waals surface area contributed by atoms with E-state index in [-0.39, 0.29) is 66.6 Å². The Balaban J connectivity index is 1.59. The molecule has 1 aliphatic carbocycles. The number of Topliss-reactive ketones (excluding diaryl/α,β-unsaturated/α-hetero) is 1. The number of anilines is 1. The van der Waals surface area contributed by atoms with Gasteiger partial charge in [0.05, 0.1) is 62.4 Å². The van der Waals surface area contributed by atoms with Crippen molar-refractivity contribution in [3.05, 3.63) is 75.4 Å². The quantitative estimate of drug-likeness (QED) is 0.0467. The number of ketones is 1. The van der Waals surface area contributed by atoms with Gasteiger partial charge in [-0.2, -0.15) is 0 Å². The van der Waals surface area contributed by atoms with Crippen LogP contribution in [0.4, 0.5) is 10.1 Å². The van der Waals surface area contributed by atoms with Crippen LogP contribution in [0.5, 0.6) is 17.2 Å². The molecule has 3 aliphatic heterocycles. The third-order valence-corrected chi connectivity index (χ3v) is 12.5. The van der Waals surface area contributed by atoms with Gasteiger partial charge in [-0.3, -0.25) is 23.1 Å². The molecule has 1 amide bonds. The third-order valence-electron chi connectivity index (χ3n) is 12.3. The van der Waals surface area contributed by atoms with E-state index >= 15 is 4.39 Å². The fourth-order valence-corrected chi connectivity index (χ4v) is 8.39. The van der Waals surface area contributed by atoms with E-state index in [4.69, 9.17) is 28.1 Å². The number of phenols is 1. The topological polar surface area (TPSA) is 213 Å². The van der Waals surface area contributed by atoms with Gasteiger partial charge in [0.15, 0.2) is 17.2 Å². The predicted molar refractivity (Wildman–Crippen MR) is 242 cm³/mol. The van der Waals surface area contributed by atoms with Crippen LogP contribution in [0.15, 0.2) is 57.5 Å². The minimum atomic E-state index is -2.12. The number of fused-ring (bicyclic) bond motifs is 2. The van der Waals surface area contributed by atoms with Gasteiger partial charge in [-0.1, -0.05) is 45.9 Å². The Hall–Kier alpha value is -5.53. The zero-order chi connectivity index (χ0) is 48.0. The lowest BCUT2D eigenvalue weighted by Gasteiger charge is -2.38. The van der Waals surface area contributed by atoms with Crippen LogP contribution in [-0.2, 0) is 23.8 Å². The normalized spacial score (nSPS) is 28.7. The maximum atomic E-state index is 16.1. The van der Waals surface area contributed by atoms with Crippen LogP contribution < -0.4 is 20.2 Å². The molecule has 0 spiro atoms. The first-order valence-corrected chi connectivity index (χ1v) is 21.6. The van der Waals surface area contributed by atoms with E-state index in [2.05, 4.69) is 23.1 Å². The third kappa shape index (κ3) is 9.59. The number of amides is 1. The molecular weight excluding hydrogens is 866 g/mol. The minimum Gasteiger partial charge on any atom is -0.507 e. The second kappa shape index (κ2) is 18.8. The molecule has 2 aromatic carbocycles. The molecule has 16 nitrogen and oxygen atoms in total. The Bertz CT molecular complexity index is 2660. The Kier molecular flexibility index (Phi) is 14.1. The Labute approximate surface area is 381 Å². The standard InChI is InChI=1S/C47H56FN3O13S/c1-21-13-12-14-22(2)46(58)50-37-41(56)33-32(36-44(37)63-31-20-28(19-29(48)35(31)49-36)60-18-16-51(9,10)65)34-43(26(6)40(33)55)64-47(8,45(34)57)61-17-15-30(59-11)23(3)42(62-27(7)52)25(5)39(54)24(4)38(21)53/h12-15,17,19-21,23-25,30,38-39,42,53-54,65H,16,18H2,1-11H3,(H-,49,50,55,56,57,58)/p+1/b13-12+,17-15+,22-14-/t21-,23+,24+,25+,30-,38-,39+,42+,47-/m0/s1. The number of allylic oxidation sites excluding steroid dienone is 2. The molecule has 4 N–H and O–H groups in total. The first-order chi connectivity index (χ1) is 30.4. The number of quaternary nitrogens is 1. The molecule has 6 rings (SSSR count). The van der Waals surface area contributed by atoms with Gasteiger partial charge in [0.1, 0.15) is 53.4 Å². The number of nitrogens with zero attached hydrogens (tertiary/aromatic N) is 2. The van der Waals surface area contributed by atoms with Crippen molar-refractivity contribution in [2.45, 2.75) is 85.6 Å². The number of likely N-dealkylation sites (N-methyl/N-ethyl adjacent to an activating group) is 1. The molecule has 350 valence electrons. The maximum absolute atomic E-state index is 16.1. The van der Waals surface area contributed by atoms with Gasteiger partial charge >= 0.3 is 11.8 Å². The second-order valence-electron chi connectivity index (χ2n) is 17.7. The van der Waals surface area contributed by atoms with Crippen molar-refractivity contribution >= 4 is 58.0 Å². The number of aromatic nitrogens is 1.